The van der Waals surface area contributed by atoms with Gasteiger partial charge in [0, 0.05) is 18.6 Å². The van der Waals surface area contributed by atoms with Gasteiger partial charge in [0.05, 0.1) is 19.6 Å². The predicted molar refractivity (Wildman–Crippen MR) is 67.2 cm³/mol. The molecule has 0 aromatic heterocycles. The molecule has 1 aliphatic heterocycles. The normalized spacial score (nSPS) is 21.1. The standard InChI is InChI=1S/C13H25NO3/c1-3-4-5-6-13(2,11-12(15)16)14-7-9-17-10-8-14/h3-11H2,1-2H3,(H,15,16). The molecule has 0 radical (unpaired) electrons. The van der Waals surface area contributed by atoms with E-state index in [1.807, 2.05) is 0 Å². The number of rotatable bonds is 7. The minimum atomic E-state index is -0.699. The molecule has 4 nitrogen and oxygen atoms in total. The van der Waals surface area contributed by atoms with Crippen LogP contribution in [-0.4, -0.2) is 47.8 Å². The Labute approximate surface area is 104 Å². The third kappa shape index (κ3) is 4.64. The van der Waals surface area contributed by atoms with Crippen LogP contribution in [0.1, 0.15) is 46.0 Å². The van der Waals surface area contributed by atoms with Gasteiger partial charge in [-0.2, -0.15) is 0 Å². The Kier molecular flexibility index (Phi) is 5.92. The second-order valence-corrected chi connectivity index (χ2v) is 5.12. The first kappa shape index (κ1) is 14.5. The Morgan fingerprint density at radius 3 is 2.53 bits per heavy atom. The molecule has 0 bridgehead atoms. The van der Waals surface area contributed by atoms with Gasteiger partial charge >= 0.3 is 5.97 Å². The summed E-state index contributed by atoms with van der Waals surface area (Å²) in [4.78, 5) is 13.3. The van der Waals surface area contributed by atoms with Crippen molar-refractivity contribution in [1.82, 2.24) is 4.90 Å². The summed E-state index contributed by atoms with van der Waals surface area (Å²) in [5.74, 6) is -0.699. The van der Waals surface area contributed by atoms with Crippen LogP contribution in [0.4, 0.5) is 0 Å². The zero-order valence-electron chi connectivity index (χ0n) is 11.1. The maximum atomic E-state index is 11.0. The van der Waals surface area contributed by atoms with Gasteiger partial charge in [0.2, 0.25) is 0 Å². The van der Waals surface area contributed by atoms with Gasteiger partial charge in [-0.05, 0) is 13.3 Å². The molecule has 0 aliphatic carbocycles. The summed E-state index contributed by atoms with van der Waals surface area (Å²) in [5, 5.41) is 9.08. The van der Waals surface area contributed by atoms with Crippen LogP contribution < -0.4 is 0 Å². The summed E-state index contributed by atoms with van der Waals surface area (Å²) in [6.45, 7) is 7.42. The van der Waals surface area contributed by atoms with Crippen molar-refractivity contribution in [1.29, 1.82) is 0 Å². The van der Waals surface area contributed by atoms with Crippen molar-refractivity contribution in [2.45, 2.75) is 51.5 Å². The van der Waals surface area contributed by atoms with Gasteiger partial charge in [-0.1, -0.05) is 26.2 Å². The van der Waals surface area contributed by atoms with Gasteiger partial charge < -0.3 is 9.84 Å². The number of carboxylic acids is 1. The van der Waals surface area contributed by atoms with Crippen molar-refractivity contribution in [2.75, 3.05) is 26.3 Å². The van der Waals surface area contributed by atoms with Crippen LogP contribution in [0.15, 0.2) is 0 Å². The van der Waals surface area contributed by atoms with Crippen LogP contribution in [-0.2, 0) is 9.53 Å². The first-order valence-corrected chi connectivity index (χ1v) is 6.63. The van der Waals surface area contributed by atoms with Crippen LogP contribution in [0.2, 0.25) is 0 Å². The topological polar surface area (TPSA) is 49.8 Å². The molecule has 17 heavy (non-hydrogen) atoms. The van der Waals surface area contributed by atoms with Crippen molar-refractivity contribution in [2.24, 2.45) is 0 Å². The Hall–Kier alpha value is -0.610. The fourth-order valence-electron chi connectivity index (χ4n) is 2.54. The third-order valence-corrected chi connectivity index (χ3v) is 3.63. The average molecular weight is 243 g/mol. The minimum Gasteiger partial charge on any atom is -0.481 e. The Balaban J connectivity index is 2.58. The number of nitrogens with zero attached hydrogens (tertiary/aromatic N) is 1. The van der Waals surface area contributed by atoms with E-state index in [2.05, 4.69) is 18.7 Å². The Morgan fingerprint density at radius 2 is 2.00 bits per heavy atom. The van der Waals surface area contributed by atoms with E-state index in [4.69, 9.17) is 9.84 Å². The third-order valence-electron chi connectivity index (χ3n) is 3.63. The molecule has 1 aliphatic rings. The summed E-state index contributed by atoms with van der Waals surface area (Å²) in [7, 11) is 0. The van der Waals surface area contributed by atoms with Gasteiger partial charge in [0.15, 0.2) is 0 Å². The SMILES string of the molecule is CCCCCC(C)(CC(=O)O)N1CCOCC1. The second kappa shape index (κ2) is 6.97. The number of unbranched alkanes of at least 4 members (excludes halogenated alkanes) is 2. The molecule has 0 aromatic rings. The molecule has 4 heteroatoms. The first-order chi connectivity index (χ1) is 8.08. The highest BCUT2D eigenvalue weighted by Gasteiger charge is 2.34. The molecule has 1 N–H and O–H groups in total. The molecule has 1 fully saturated rings. The second-order valence-electron chi connectivity index (χ2n) is 5.12. The van der Waals surface area contributed by atoms with Crippen LogP contribution in [0, 0.1) is 0 Å². The number of carbonyl (C=O) groups is 1. The Morgan fingerprint density at radius 1 is 1.35 bits per heavy atom. The molecule has 1 atom stereocenters. The van der Waals surface area contributed by atoms with E-state index < -0.39 is 5.97 Å². The van der Waals surface area contributed by atoms with E-state index >= 15 is 0 Å². The van der Waals surface area contributed by atoms with E-state index in [9.17, 15) is 4.79 Å². The van der Waals surface area contributed by atoms with Crippen molar-refractivity contribution in [3.05, 3.63) is 0 Å². The highest BCUT2D eigenvalue weighted by Crippen LogP contribution is 2.27. The predicted octanol–water partition coefficient (Wildman–Crippen LogP) is 2.13. The van der Waals surface area contributed by atoms with Crippen LogP contribution in [0.3, 0.4) is 0 Å². The van der Waals surface area contributed by atoms with E-state index in [0.717, 1.165) is 39.1 Å². The lowest BCUT2D eigenvalue weighted by Crippen LogP contribution is -2.52. The van der Waals surface area contributed by atoms with E-state index in [-0.39, 0.29) is 12.0 Å². The maximum absolute atomic E-state index is 11.0. The molecule has 0 saturated carbocycles. The number of morpholine rings is 1. The lowest BCUT2D eigenvalue weighted by molar-refractivity contribution is -0.141. The number of hydrogen-bond donors (Lipinski definition) is 1. The lowest BCUT2D eigenvalue weighted by atomic mass is 9.88. The Bertz CT molecular complexity index is 239. The zero-order valence-corrected chi connectivity index (χ0v) is 11.1. The van der Waals surface area contributed by atoms with Gasteiger partial charge in [-0.25, -0.2) is 0 Å². The average Bonchev–Trinajstić information content (AvgIpc) is 2.29. The molecular weight excluding hydrogens is 218 g/mol. The van der Waals surface area contributed by atoms with Crippen LogP contribution in [0.25, 0.3) is 0 Å². The van der Waals surface area contributed by atoms with E-state index in [0.29, 0.717) is 0 Å². The zero-order chi connectivity index (χ0) is 12.7. The fraction of sp³-hybridized carbons (Fsp3) is 0.923. The number of carboxylic acid groups (broad SMARTS) is 1. The highest BCUT2D eigenvalue weighted by molar-refractivity contribution is 5.68. The van der Waals surface area contributed by atoms with Crippen molar-refractivity contribution >= 4 is 5.97 Å². The summed E-state index contributed by atoms with van der Waals surface area (Å²) < 4.78 is 5.34. The minimum absolute atomic E-state index is 0.204. The van der Waals surface area contributed by atoms with Gasteiger partial charge in [-0.15, -0.1) is 0 Å². The molecule has 1 unspecified atom stereocenters. The van der Waals surface area contributed by atoms with Gasteiger partial charge in [-0.3, -0.25) is 9.69 Å². The van der Waals surface area contributed by atoms with Gasteiger partial charge in [0.25, 0.3) is 0 Å². The van der Waals surface area contributed by atoms with Crippen LogP contribution in [0.5, 0.6) is 0 Å². The summed E-state index contributed by atoms with van der Waals surface area (Å²) in [6.07, 6.45) is 4.66. The van der Waals surface area contributed by atoms with Gasteiger partial charge in [0.1, 0.15) is 0 Å². The molecule has 100 valence electrons. The van der Waals surface area contributed by atoms with Crippen molar-refractivity contribution in [3.63, 3.8) is 0 Å². The van der Waals surface area contributed by atoms with E-state index in [1.54, 1.807) is 0 Å². The summed E-state index contributed by atoms with van der Waals surface area (Å²) in [6, 6.07) is 0. The first-order valence-electron chi connectivity index (χ1n) is 6.63. The number of hydrogen-bond acceptors (Lipinski definition) is 3. The number of ether oxygens (including phenoxy) is 1. The summed E-state index contributed by atoms with van der Waals surface area (Å²) in [5.41, 5.74) is -0.204. The highest BCUT2D eigenvalue weighted by atomic mass is 16.5. The van der Waals surface area contributed by atoms with Crippen molar-refractivity contribution in [3.8, 4) is 0 Å². The quantitative estimate of drug-likeness (QED) is 0.696. The largest absolute Gasteiger partial charge is 0.481 e. The molecule has 1 rings (SSSR count). The summed E-state index contributed by atoms with van der Waals surface area (Å²) >= 11 is 0. The maximum Gasteiger partial charge on any atom is 0.305 e. The molecule has 0 aromatic carbocycles. The molecular formula is C13H25NO3. The molecule has 1 heterocycles. The lowest BCUT2D eigenvalue weighted by Gasteiger charge is -2.42. The van der Waals surface area contributed by atoms with Crippen molar-refractivity contribution < 1.29 is 14.6 Å². The fourth-order valence-corrected chi connectivity index (χ4v) is 2.54. The monoisotopic (exact) mass is 243 g/mol. The van der Waals surface area contributed by atoms with Crippen LogP contribution >= 0.6 is 0 Å². The molecule has 0 spiro atoms. The molecule has 1 saturated heterocycles. The van der Waals surface area contributed by atoms with E-state index in [1.165, 1.54) is 12.8 Å². The number of aliphatic carboxylic acids is 1. The smallest absolute Gasteiger partial charge is 0.305 e. The molecule has 0 amide bonds.